The molecule has 0 bridgehead atoms. The van der Waals surface area contributed by atoms with Crippen LogP contribution in [0.3, 0.4) is 0 Å². The van der Waals surface area contributed by atoms with Crippen molar-refractivity contribution in [3.8, 4) is 5.75 Å². The molecule has 118 valence electrons. The fourth-order valence-corrected chi connectivity index (χ4v) is 3.04. The van der Waals surface area contributed by atoms with Crippen LogP contribution in [-0.2, 0) is 11.2 Å². The first-order valence-corrected chi connectivity index (χ1v) is 8.00. The Hall–Kier alpha value is -2.04. The molecule has 1 amide bonds. The van der Waals surface area contributed by atoms with Gasteiger partial charge in [0.1, 0.15) is 5.75 Å². The van der Waals surface area contributed by atoms with Gasteiger partial charge in [-0.2, -0.15) is 0 Å². The molecule has 0 radical (unpaired) electrons. The Kier molecular flexibility index (Phi) is 4.61. The van der Waals surface area contributed by atoms with E-state index in [1.165, 1.54) is 12.8 Å². The van der Waals surface area contributed by atoms with Gasteiger partial charge in [-0.15, -0.1) is 0 Å². The molecule has 2 aliphatic heterocycles. The molecule has 0 aromatic heterocycles. The molecule has 0 saturated carbocycles. The summed E-state index contributed by atoms with van der Waals surface area (Å²) in [5, 5.41) is 0. The van der Waals surface area contributed by atoms with Crippen LogP contribution < -0.4 is 4.74 Å². The van der Waals surface area contributed by atoms with Crippen LogP contribution in [-0.4, -0.2) is 55.0 Å². The van der Waals surface area contributed by atoms with Crippen LogP contribution in [0.15, 0.2) is 29.3 Å². The maximum absolute atomic E-state index is 12.5. The molecule has 22 heavy (non-hydrogen) atoms. The van der Waals surface area contributed by atoms with Crippen LogP contribution in [0.2, 0.25) is 0 Å². The van der Waals surface area contributed by atoms with E-state index in [4.69, 9.17) is 4.74 Å². The normalized spacial score (nSPS) is 17.8. The van der Waals surface area contributed by atoms with Crippen molar-refractivity contribution < 1.29 is 9.53 Å². The minimum absolute atomic E-state index is 0.180. The van der Waals surface area contributed by atoms with Gasteiger partial charge < -0.3 is 9.64 Å². The summed E-state index contributed by atoms with van der Waals surface area (Å²) >= 11 is 0. The lowest BCUT2D eigenvalue weighted by atomic mass is 10.1. The van der Waals surface area contributed by atoms with Gasteiger partial charge in [-0.1, -0.05) is 12.1 Å². The van der Waals surface area contributed by atoms with Gasteiger partial charge in [0.25, 0.3) is 0 Å². The van der Waals surface area contributed by atoms with Crippen LogP contribution >= 0.6 is 0 Å². The summed E-state index contributed by atoms with van der Waals surface area (Å²) in [4.78, 5) is 21.1. The second kappa shape index (κ2) is 6.81. The third kappa shape index (κ3) is 3.24. The molecule has 1 fully saturated rings. The number of benzene rings is 1. The molecule has 1 aromatic rings. The molecule has 0 unspecified atom stereocenters. The number of carbonyl (C=O) groups excluding carboxylic acids is 1. The van der Waals surface area contributed by atoms with E-state index in [2.05, 4.69) is 9.89 Å². The molecular weight excluding hydrogens is 278 g/mol. The number of rotatable bonds is 4. The summed E-state index contributed by atoms with van der Waals surface area (Å²) < 4.78 is 5.15. The van der Waals surface area contributed by atoms with E-state index >= 15 is 0 Å². The SMILES string of the molecule is COc1ccc(CCC(=O)N2CCN=C2N2CCCC2)cc1. The minimum Gasteiger partial charge on any atom is -0.497 e. The fraction of sp³-hybridized carbons (Fsp3) is 0.529. The van der Waals surface area contributed by atoms with Crippen molar-refractivity contribution in [1.82, 2.24) is 9.80 Å². The molecule has 0 spiro atoms. The lowest BCUT2D eigenvalue weighted by molar-refractivity contribution is -0.127. The first-order valence-electron chi connectivity index (χ1n) is 8.00. The predicted octanol–water partition coefficient (Wildman–Crippen LogP) is 1.92. The van der Waals surface area contributed by atoms with Crippen molar-refractivity contribution in [3.05, 3.63) is 29.8 Å². The van der Waals surface area contributed by atoms with E-state index in [0.717, 1.165) is 49.9 Å². The average molecular weight is 301 g/mol. The summed E-state index contributed by atoms with van der Waals surface area (Å²) in [6.07, 6.45) is 3.69. The maximum Gasteiger partial charge on any atom is 0.229 e. The average Bonchev–Trinajstić information content (AvgIpc) is 3.23. The Bertz CT molecular complexity index is 548. The van der Waals surface area contributed by atoms with Gasteiger partial charge in [0.2, 0.25) is 11.9 Å². The van der Waals surface area contributed by atoms with Crippen molar-refractivity contribution in [2.75, 3.05) is 33.3 Å². The van der Waals surface area contributed by atoms with Crippen LogP contribution in [0.5, 0.6) is 5.75 Å². The highest BCUT2D eigenvalue weighted by Gasteiger charge is 2.29. The molecule has 0 aliphatic carbocycles. The highest BCUT2D eigenvalue weighted by Crippen LogP contribution is 2.17. The number of guanidine groups is 1. The van der Waals surface area contributed by atoms with Crippen molar-refractivity contribution in [2.24, 2.45) is 4.99 Å². The predicted molar refractivity (Wildman–Crippen MR) is 86.1 cm³/mol. The van der Waals surface area contributed by atoms with E-state index in [1.807, 2.05) is 29.2 Å². The van der Waals surface area contributed by atoms with Crippen LogP contribution in [0.25, 0.3) is 0 Å². The van der Waals surface area contributed by atoms with E-state index in [1.54, 1.807) is 7.11 Å². The molecule has 5 heteroatoms. The van der Waals surface area contributed by atoms with E-state index in [-0.39, 0.29) is 5.91 Å². The van der Waals surface area contributed by atoms with Gasteiger partial charge in [0.05, 0.1) is 13.7 Å². The molecule has 5 nitrogen and oxygen atoms in total. The Labute approximate surface area is 131 Å². The first-order chi connectivity index (χ1) is 10.8. The second-order valence-corrected chi connectivity index (χ2v) is 5.77. The lowest BCUT2D eigenvalue weighted by Crippen LogP contribution is -2.43. The van der Waals surface area contributed by atoms with Gasteiger partial charge in [0.15, 0.2) is 0 Å². The molecule has 1 aromatic carbocycles. The summed E-state index contributed by atoms with van der Waals surface area (Å²) in [7, 11) is 1.66. The van der Waals surface area contributed by atoms with Gasteiger partial charge in [-0.05, 0) is 37.0 Å². The van der Waals surface area contributed by atoms with Crippen molar-refractivity contribution >= 4 is 11.9 Å². The lowest BCUT2D eigenvalue weighted by Gasteiger charge is -2.25. The zero-order chi connectivity index (χ0) is 15.4. The Morgan fingerprint density at radius 3 is 2.59 bits per heavy atom. The van der Waals surface area contributed by atoms with Gasteiger partial charge in [-0.25, -0.2) is 0 Å². The Morgan fingerprint density at radius 2 is 1.91 bits per heavy atom. The third-order valence-electron chi connectivity index (χ3n) is 4.29. The smallest absolute Gasteiger partial charge is 0.229 e. The molecule has 3 rings (SSSR count). The van der Waals surface area contributed by atoms with E-state index < -0.39 is 0 Å². The van der Waals surface area contributed by atoms with Crippen molar-refractivity contribution in [1.29, 1.82) is 0 Å². The molecule has 0 atom stereocenters. The Balaban J connectivity index is 1.55. The summed E-state index contributed by atoms with van der Waals surface area (Å²) in [5.74, 6) is 1.93. The maximum atomic E-state index is 12.5. The molecule has 2 heterocycles. The molecule has 1 saturated heterocycles. The first kappa shape index (κ1) is 14.9. The fourth-order valence-electron chi connectivity index (χ4n) is 3.04. The summed E-state index contributed by atoms with van der Waals surface area (Å²) in [6, 6.07) is 7.91. The van der Waals surface area contributed by atoms with E-state index in [9.17, 15) is 4.79 Å². The van der Waals surface area contributed by atoms with Crippen LogP contribution in [0, 0.1) is 0 Å². The number of methoxy groups -OCH3 is 1. The van der Waals surface area contributed by atoms with Gasteiger partial charge >= 0.3 is 0 Å². The number of amides is 1. The quantitative estimate of drug-likeness (QED) is 0.853. The van der Waals surface area contributed by atoms with Gasteiger partial charge in [-0.3, -0.25) is 14.7 Å². The number of aryl methyl sites for hydroxylation is 1. The van der Waals surface area contributed by atoms with Crippen molar-refractivity contribution in [2.45, 2.75) is 25.7 Å². The van der Waals surface area contributed by atoms with Gasteiger partial charge in [0, 0.05) is 26.1 Å². The number of carbonyl (C=O) groups is 1. The number of aliphatic imine (C=N–C) groups is 1. The topological polar surface area (TPSA) is 45.1 Å². The minimum atomic E-state index is 0.180. The Morgan fingerprint density at radius 1 is 1.18 bits per heavy atom. The zero-order valence-electron chi connectivity index (χ0n) is 13.1. The molecule has 2 aliphatic rings. The van der Waals surface area contributed by atoms with Crippen molar-refractivity contribution in [3.63, 3.8) is 0 Å². The highest BCUT2D eigenvalue weighted by molar-refractivity contribution is 5.98. The largest absolute Gasteiger partial charge is 0.497 e. The number of ether oxygens (including phenoxy) is 1. The zero-order valence-corrected chi connectivity index (χ0v) is 13.1. The highest BCUT2D eigenvalue weighted by atomic mass is 16.5. The monoisotopic (exact) mass is 301 g/mol. The number of hydrogen-bond donors (Lipinski definition) is 0. The summed E-state index contributed by atoms with van der Waals surface area (Å²) in [6.45, 7) is 3.52. The van der Waals surface area contributed by atoms with Crippen LogP contribution in [0.4, 0.5) is 0 Å². The standard InChI is InChI=1S/C17H23N3O2/c1-22-15-7-4-14(5-8-15)6-9-16(21)20-13-10-18-17(20)19-11-2-3-12-19/h4-5,7-8H,2-3,6,9-13H2,1H3. The van der Waals surface area contributed by atoms with Crippen LogP contribution in [0.1, 0.15) is 24.8 Å². The number of nitrogens with zero attached hydrogens (tertiary/aromatic N) is 3. The number of likely N-dealkylation sites (tertiary alicyclic amines) is 1. The third-order valence-corrected chi connectivity index (χ3v) is 4.29. The number of hydrogen-bond acceptors (Lipinski definition) is 4. The molecule has 0 N–H and O–H groups in total. The summed E-state index contributed by atoms with van der Waals surface area (Å²) in [5.41, 5.74) is 1.16. The van der Waals surface area contributed by atoms with E-state index in [0.29, 0.717) is 6.42 Å². The second-order valence-electron chi connectivity index (χ2n) is 5.77. The molecular formula is C17H23N3O2.